The van der Waals surface area contributed by atoms with Crippen LogP contribution in [-0.4, -0.2) is 50.3 Å². The summed E-state index contributed by atoms with van der Waals surface area (Å²) in [5.74, 6) is -0.485. The molecule has 0 spiro atoms. The lowest BCUT2D eigenvalue weighted by Crippen LogP contribution is -2.36. The zero-order valence-corrected chi connectivity index (χ0v) is 12.1. The van der Waals surface area contributed by atoms with Crippen LogP contribution in [0.2, 0.25) is 0 Å². The second-order valence-electron chi connectivity index (χ2n) is 4.19. The van der Waals surface area contributed by atoms with Crippen LogP contribution in [-0.2, 0) is 9.47 Å². The van der Waals surface area contributed by atoms with E-state index in [9.17, 15) is 9.18 Å². The summed E-state index contributed by atoms with van der Waals surface area (Å²) in [5.41, 5.74) is 0.472. The van der Waals surface area contributed by atoms with Crippen molar-refractivity contribution in [3.8, 4) is 0 Å². The first-order valence-electron chi connectivity index (χ1n) is 6.89. The van der Waals surface area contributed by atoms with Crippen molar-refractivity contribution in [2.24, 2.45) is 0 Å². The molecule has 0 saturated heterocycles. The fraction of sp³-hybridized carbons (Fsp3) is 0.533. The van der Waals surface area contributed by atoms with Gasteiger partial charge < -0.3 is 14.4 Å². The van der Waals surface area contributed by atoms with E-state index in [1.165, 1.54) is 24.3 Å². The highest BCUT2D eigenvalue weighted by Crippen LogP contribution is 2.07. The Hall–Kier alpha value is -1.46. The van der Waals surface area contributed by atoms with Gasteiger partial charge in [0.25, 0.3) is 5.91 Å². The number of rotatable bonds is 9. The van der Waals surface area contributed by atoms with Crippen molar-refractivity contribution >= 4 is 5.91 Å². The zero-order chi connectivity index (χ0) is 14.8. The molecular weight excluding hydrogens is 261 g/mol. The van der Waals surface area contributed by atoms with Crippen LogP contribution in [0.4, 0.5) is 4.39 Å². The van der Waals surface area contributed by atoms with E-state index in [0.717, 1.165) is 0 Å². The first kappa shape index (κ1) is 16.6. The van der Waals surface area contributed by atoms with Gasteiger partial charge in [-0.2, -0.15) is 0 Å². The summed E-state index contributed by atoms with van der Waals surface area (Å²) < 4.78 is 23.4. The molecule has 0 aliphatic carbocycles. The Bertz CT molecular complexity index is 385. The van der Waals surface area contributed by atoms with Gasteiger partial charge in [-0.1, -0.05) is 0 Å². The van der Waals surface area contributed by atoms with E-state index in [-0.39, 0.29) is 11.7 Å². The molecular formula is C15H22FNO3. The molecule has 1 aromatic carbocycles. The summed E-state index contributed by atoms with van der Waals surface area (Å²) in [6, 6.07) is 5.56. The van der Waals surface area contributed by atoms with Crippen LogP contribution in [0.25, 0.3) is 0 Å². The van der Waals surface area contributed by atoms with Gasteiger partial charge >= 0.3 is 0 Å². The summed E-state index contributed by atoms with van der Waals surface area (Å²) in [5, 5.41) is 0. The van der Waals surface area contributed by atoms with Crippen LogP contribution >= 0.6 is 0 Å². The largest absolute Gasteiger partial charge is 0.380 e. The Morgan fingerprint density at radius 1 is 1.05 bits per heavy atom. The molecule has 1 aromatic rings. The zero-order valence-electron chi connectivity index (χ0n) is 12.1. The number of halogens is 1. The molecule has 0 bridgehead atoms. The third-order valence-corrected chi connectivity index (χ3v) is 2.80. The van der Waals surface area contributed by atoms with E-state index in [1.807, 2.05) is 13.8 Å². The van der Waals surface area contributed by atoms with Crippen molar-refractivity contribution in [3.63, 3.8) is 0 Å². The maximum atomic E-state index is 12.9. The van der Waals surface area contributed by atoms with Gasteiger partial charge in [0, 0.05) is 31.9 Å². The van der Waals surface area contributed by atoms with Crippen molar-refractivity contribution in [2.45, 2.75) is 13.8 Å². The fourth-order valence-corrected chi connectivity index (χ4v) is 1.73. The number of carbonyl (C=O) groups excluding carboxylic acids is 1. The average Bonchev–Trinajstić information content (AvgIpc) is 2.46. The fourth-order valence-electron chi connectivity index (χ4n) is 1.73. The minimum Gasteiger partial charge on any atom is -0.380 e. The molecule has 0 fully saturated rings. The van der Waals surface area contributed by atoms with Crippen LogP contribution in [0.3, 0.4) is 0 Å². The second-order valence-corrected chi connectivity index (χ2v) is 4.19. The quantitative estimate of drug-likeness (QED) is 0.653. The highest BCUT2D eigenvalue weighted by Gasteiger charge is 2.15. The lowest BCUT2D eigenvalue weighted by atomic mass is 10.2. The molecule has 112 valence electrons. The van der Waals surface area contributed by atoms with Gasteiger partial charge in [0.05, 0.1) is 13.2 Å². The monoisotopic (exact) mass is 283 g/mol. The van der Waals surface area contributed by atoms with Crippen molar-refractivity contribution < 1.29 is 18.7 Å². The minimum atomic E-state index is -0.350. The summed E-state index contributed by atoms with van der Waals surface area (Å²) >= 11 is 0. The van der Waals surface area contributed by atoms with E-state index in [1.54, 1.807) is 4.90 Å². The Kier molecular flexibility index (Phi) is 7.84. The Labute approximate surface area is 119 Å². The molecule has 20 heavy (non-hydrogen) atoms. The summed E-state index contributed by atoms with van der Waals surface area (Å²) in [6.45, 7) is 7.01. The molecule has 4 nitrogen and oxygen atoms in total. The molecule has 0 aliphatic heterocycles. The number of amides is 1. The lowest BCUT2D eigenvalue weighted by molar-refractivity contribution is 0.0550. The molecule has 0 radical (unpaired) electrons. The van der Waals surface area contributed by atoms with Gasteiger partial charge in [-0.25, -0.2) is 4.39 Å². The highest BCUT2D eigenvalue weighted by atomic mass is 19.1. The molecule has 0 N–H and O–H groups in total. The number of ether oxygens (including phenoxy) is 2. The van der Waals surface area contributed by atoms with Crippen LogP contribution < -0.4 is 0 Å². The average molecular weight is 283 g/mol. The standard InChI is InChI=1S/C15H22FNO3/c1-3-19-11-9-17(10-12-20-4-2)15(18)13-5-7-14(16)8-6-13/h5-8H,3-4,9-12H2,1-2H3. The Morgan fingerprint density at radius 2 is 1.55 bits per heavy atom. The van der Waals surface area contributed by atoms with E-state index in [2.05, 4.69) is 0 Å². The van der Waals surface area contributed by atoms with E-state index in [4.69, 9.17) is 9.47 Å². The maximum absolute atomic E-state index is 12.9. The van der Waals surface area contributed by atoms with Crippen LogP contribution in [0.5, 0.6) is 0 Å². The molecule has 0 atom stereocenters. The predicted octanol–water partition coefficient (Wildman–Crippen LogP) is 2.34. The van der Waals surface area contributed by atoms with Crippen molar-refractivity contribution in [1.29, 1.82) is 0 Å². The number of hydrogen-bond acceptors (Lipinski definition) is 3. The predicted molar refractivity (Wildman–Crippen MR) is 75.3 cm³/mol. The topological polar surface area (TPSA) is 38.8 Å². The van der Waals surface area contributed by atoms with E-state index < -0.39 is 0 Å². The summed E-state index contributed by atoms with van der Waals surface area (Å²) in [6.07, 6.45) is 0. The van der Waals surface area contributed by atoms with Gasteiger partial charge in [0.15, 0.2) is 0 Å². The summed E-state index contributed by atoms with van der Waals surface area (Å²) in [7, 11) is 0. The molecule has 5 heteroatoms. The molecule has 0 heterocycles. The van der Waals surface area contributed by atoms with Gasteiger partial charge in [0.1, 0.15) is 5.82 Å². The Balaban J connectivity index is 2.63. The van der Waals surface area contributed by atoms with Crippen LogP contribution in [0.15, 0.2) is 24.3 Å². The van der Waals surface area contributed by atoms with Gasteiger partial charge in [-0.3, -0.25) is 4.79 Å². The van der Waals surface area contributed by atoms with Crippen molar-refractivity contribution in [3.05, 3.63) is 35.6 Å². The Morgan fingerprint density at radius 3 is 2.00 bits per heavy atom. The number of benzene rings is 1. The van der Waals surface area contributed by atoms with Crippen LogP contribution in [0, 0.1) is 5.82 Å². The molecule has 0 aromatic heterocycles. The SMILES string of the molecule is CCOCCN(CCOCC)C(=O)c1ccc(F)cc1. The van der Waals surface area contributed by atoms with Crippen molar-refractivity contribution in [1.82, 2.24) is 4.90 Å². The highest BCUT2D eigenvalue weighted by molar-refractivity contribution is 5.94. The maximum Gasteiger partial charge on any atom is 0.254 e. The first-order chi connectivity index (χ1) is 9.69. The van der Waals surface area contributed by atoms with E-state index >= 15 is 0 Å². The second kappa shape index (κ2) is 9.44. The van der Waals surface area contributed by atoms with Gasteiger partial charge in [-0.05, 0) is 38.1 Å². The number of carbonyl (C=O) groups is 1. The smallest absolute Gasteiger partial charge is 0.254 e. The third-order valence-electron chi connectivity index (χ3n) is 2.80. The van der Waals surface area contributed by atoms with Crippen molar-refractivity contribution in [2.75, 3.05) is 39.5 Å². The lowest BCUT2D eigenvalue weighted by Gasteiger charge is -2.22. The van der Waals surface area contributed by atoms with Crippen LogP contribution in [0.1, 0.15) is 24.2 Å². The van der Waals surface area contributed by atoms with E-state index in [0.29, 0.717) is 45.1 Å². The molecule has 0 saturated carbocycles. The molecule has 1 amide bonds. The number of hydrogen-bond donors (Lipinski definition) is 0. The summed E-state index contributed by atoms with van der Waals surface area (Å²) in [4.78, 5) is 14.0. The molecule has 0 aliphatic rings. The van der Waals surface area contributed by atoms with Gasteiger partial charge in [-0.15, -0.1) is 0 Å². The van der Waals surface area contributed by atoms with Gasteiger partial charge in [0.2, 0.25) is 0 Å². The third kappa shape index (κ3) is 5.67. The molecule has 1 rings (SSSR count). The molecule has 0 unspecified atom stereocenters. The number of nitrogens with zero attached hydrogens (tertiary/aromatic N) is 1. The first-order valence-corrected chi connectivity index (χ1v) is 6.89. The normalized spacial score (nSPS) is 10.6. The minimum absolute atomic E-state index is 0.135.